The molecule has 1 atom stereocenters. The van der Waals surface area contributed by atoms with Crippen molar-refractivity contribution in [3.05, 3.63) is 33.9 Å². The van der Waals surface area contributed by atoms with Crippen molar-refractivity contribution in [3.63, 3.8) is 0 Å². The fourth-order valence-electron chi connectivity index (χ4n) is 1.87. The molecule has 0 saturated heterocycles. The van der Waals surface area contributed by atoms with Crippen LogP contribution < -0.4 is 5.32 Å². The van der Waals surface area contributed by atoms with Crippen LogP contribution in [0.3, 0.4) is 0 Å². The second kappa shape index (κ2) is 7.85. The highest BCUT2D eigenvalue weighted by Crippen LogP contribution is 2.22. The Kier molecular flexibility index (Phi) is 6.14. The molecule has 0 aliphatic heterocycles. The van der Waals surface area contributed by atoms with Crippen LogP contribution in [0.2, 0.25) is 0 Å². The van der Waals surface area contributed by atoms with E-state index in [1.807, 2.05) is 6.92 Å². The van der Waals surface area contributed by atoms with Crippen LogP contribution in [-0.4, -0.2) is 22.5 Å². The minimum absolute atomic E-state index is 0.0175. The van der Waals surface area contributed by atoms with Crippen molar-refractivity contribution in [3.8, 4) is 6.07 Å². The molecule has 0 radical (unpaired) electrons. The molecule has 0 aromatic heterocycles. The normalized spacial score (nSPS) is 11.4. The Morgan fingerprint density at radius 2 is 2.24 bits per heavy atom. The fraction of sp³-hybridized carbons (Fsp3) is 0.429. The van der Waals surface area contributed by atoms with E-state index in [0.717, 1.165) is 6.42 Å². The minimum Gasteiger partial charge on any atom is -0.481 e. The lowest BCUT2D eigenvalue weighted by atomic mass is 10.0. The van der Waals surface area contributed by atoms with E-state index in [1.165, 1.54) is 12.1 Å². The summed E-state index contributed by atoms with van der Waals surface area (Å²) in [6.45, 7) is 2.59. The maximum atomic E-state index is 10.7. The highest BCUT2D eigenvalue weighted by Gasteiger charge is 2.13. The number of aliphatic carboxylic acids is 1. The molecule has 7 nitrogen and oxygen atoms in total. The summed E-state index contributed by atoms with van der Waals surface area (Å²) >= 11 is 0. The third-order valence-corrected chi connectivity index (χ3v) is 3.13. The second-order valence-corrected chi connectivity index (χ2v) is 4.85. The van der Waals surface area contributed by atoms with Gasteiger partial charge in [0.15, 0.2) is 0 Å². The standard InChI is InChI=1S/C14H17N3O4/c1-10(2-5-14(18)19)6-7-16-12-3-4-13(17(20)21)11(8-12)9-15/h3-4,8,10,16H,2,5-7H2,1H3,(H,18,19). The van der Waals surface area contributed by atoms with Crippen LogP contribution in [0.25, 0.3) is 0 Å². The number of hydrogen-bond acceptors (Lipinski definition) is 5. The van der Waals surface area contributed by atoms with Gasteiger partial charge in [0, 0.05) is 24.7 Å². The van der Waals surface area contributed by atoms with E-state index in [-0.39, 0.29) is 23.6 Å². The van der Waals surface area contributed by atoms with E-state index in [1.54, 1.807) is 12.1 Å². The molecule has 0 aliphatic carbocycles. The molecular formula is C14H17N3O4. The number of anilines is 1. The predicted molar refractivity (Wildman–Crippen MR) is 77.0 cm³/mol. The van der Waals surface area contributed by atoms with Crippen molar-refractivity contribution >= 4 is 17.3 Å². The molecule has 112 valence electrons. The number of carbonyl (C=O) groups is 1. The Balaban J connectivity index is 2.51. The number of carboxylic acid groups (broad SMARTS) is 1. The number of nitrogens with zero attached hydrogens (tertiary/aromatic N) is 2. The van der Waals surface area contributed by atoms with Gasteiger partial charge in [0.2, 0.25) is 0 Å². The number of nitriles is 1. The lowest BCUT2D eigenvalue weighted by molar-refractivity contribution is -0.385. The zero-order valence-corrected chi connectivity index (χ0v) is 11.7. The quantitative estimate of drug-likeness (QED) is 0.562. The van der Waals surface area contributed by atoms with E-state index in [4.69, 9.17) is 10.4 Å². The van der Waals surface area contributed by atoms with E-state index < -0.39 is 10.9 Å². The number of rotatable bonds is 8. The summed E-state index contributed by atoms with van der Waals surface area (Å²) in [4.78, 5) is 20.6. The first kappa shape index (κ1) is 16.4. The molecule has 21 heavy (non-hydrogen) atoms. The van der Waals surface area contributed by atoms with Gasteiger partial charge in [-0.25, -0.2) is 0 Å². The molecule has 1 aromatic rings. The molecule has 0 fully saturated rings. The lowest BCUT2D eigenvalue weighted by Crippen LogP contribution is -2.08. The summed E-state index contributed by atoms with van der Waals surface area (Å²) < 4.78 is 0. The van der Waals surface area contributed by atoms with Crippen LogP contribution in [0.5, 0.6) is 0 Å². The van der Waals surface area contributed by atoms with Gasteiger partial charge in [-0.2, -0.15) is 5.26 Å². The zero-order chi connectivity index (χ0) is 15.8. The van der Waals surface area contributed by atoms with Gasteiger partial charge >= 0.3 is 5.97 Å². The summed E-state index contributed by atoms with van der Waals surface area (Å²) in [5.74, 6) is -0.536. The molecule has 0 bridgehead atoms. The van der Waals surface area contributed by atoms with Gasteiger partial charge < -0.3 is 10.4 Å². The second-order valence-electron chi connectivity index (χ2n) is 4.85. The van der Waals surface area contributed by atoms with Gasteiger partial charge in [-0.05, 0) is 30.9 Å². The number of nitrogens with one attached hydrogen (secondary N) is 1. The number of benzene rings is 1. The molecule has 2 N–H and O–H groups in total. The maximum absolute atomic E-state index is 10.7. The average Bonchev–Trinajstić information content (AvgIpc) is 2.44. The van der Waals surface area contributed by atoms with E-state index in [9.17, 15) is 14.9 Å². The van der Waals surface area contributed by atoms with E-state index in [0.29, 0.717) is 18.7 Å². The summed E-state index contributed by atoms with van der Waals surface area (Å²) in [5.41, 5.74) is 0.449. The van der Waals surface area contributed by atoms with Crippen molar-refractivity contribution < 1.29 is 14.8 Å². The van der Waals surface area contributed by atoms with Crippen LogP contribution in [0.15, 0.2) is 18.2 Å². The van der Waals surface area contributed by atoms with Gasteiger partial charge in [0.05, 0.1) is 4.92 Å². The molecule has 0 saturated carbocycles. The van der Waals surface area contributed by atoms with Crippen molar-refractivity contribution in [2.45, 2.75) is 26.2 Å². The Morgan fingerprint density at radius 1 is 1.52 bits per heavy atom. The summed E-state index contributed by atoms with van der Waals surface area (Å²) in [6, 6.07) is 6.10. The lowest BCUT2D eigenvalue weighted by Gasteiger charge is -2.11. The van der Waals surface area contributed by atoms with Gasteiger partial charge in [-0.1, -0.05) is 6.92 Å². The Labute approximate surface area is 122 Å². The number of nitro groups is 1. The van der Waals surface area contributed by atoms with Crippen molar-refractivity contribution in [2.75, 3.05) is 11.9 Å². The highest BCUT2D eigenvalue weighted by molar-refractivity contribution is 5.66. The Hall–Kier alpha value is -2.62. The molecule has 0 aliphatic rings. The van der Waals surface area contributed by atoms with Gasteiger partial charge in [-0.3, -0.25) is 14.9 Å². The number of carboxylic acids is 1. The molecule has 1 rings (SSSR count). The zero-order valence-electron chi connectivity index (χ0n) is 11.7. The SMILES string of the molecule is CC(CCNc1ccc([N+](=O)[O-])c(C#N)c1)CCC(=O)O. The first-order valence-corrected chi connectivity index (χ1v) is 6.58. The third kappa shape index (κ3) is 5.48. The summed E-state index contributed by atoms with van der Waals surface area (Å²) in [6.07, 6.45) is 1.55. The van der Waals surface area contributed by atoms with E-state index >= 15 is 0 Å². The summed E-state index contributed by atoms with van der Waals surface area (Å²) in [5, 5.41) is 31.3. The summed E-state index contributed by atoms with van der Waals surface area (Å²) in [7, 11) is 0. The van der Waals surface area contributed by atoms with Crippen LogP contribution in [0.1, 0.15) is 31.7 Å². The molecule has 0 spiro atoms. The molecule has 1 unspecified atom stereocenters. The van der Waals surface area contributed by atoms with Gasteiger partial charge in [-0.15, -0.1) is 0 Å². The maximum Gasteiger partial charge on any atom is 0.303 e. The molecular weight excluding hydrogens is 274 g/mol. The third-order valence-electron chi connectivity index (χ3n) is 3.13. The van der Waals surface area contributed by atoms with Crippen LogP contribution in [0.4, 0.5) is 11.4 Å². The van der Waals surface area contributed by atoms with Crippen LogP contribution >= 0.6 is 0 Å². The smallest absolute Gasteiger partial charge is 0.303 e. The number of hydrogen-bond donors (Lipinski definition) is 2. The van der Waals surface area contributed by atoms with Crippen LogP contribution in [0, 0.1) is 27.4 Å². The highest BCUT2D eigenvalue weighted by atomic mass is 16.6. The predicted octanol–water partition coefficient (Wildman–Crippen LogP) is 2.77. The fourth-order valence-corrected chi connectivity index (χ4v) is 1.87. The average molecular weight is 291 g/mol. The first-order valence-electron chi connectivity index (χ1n) is 6.58. The topological polar surface area (TPSA) is 116 Å². The van der Waals surface area contributed by atoms with Gasteiger partial charge in [0.1, 0.15) is 11.6 Å². The van der Waals surface area contributed by atoms with Crippen molar-refractivity contribution in [2.24, 2.45) is 5.92 Å². The van der Waals surface area contributed by atoms with Crippen LogP contribution in [-0.2, 0) is 4.79 Å². The largest absolute Gasteiger partial charge is 0.481 e. The Morgan fingerprint density at radius 3 is 2.81 bits per heavy atom. The van der Waals surface area contributed by atoms with E-state index in [2.05, 4.69) is 5.32 Å². The van der Waals surface area contributed by atoms with Crippen molar-refractivity contribution in [1.29, 1.82) is 5.26 Å². The minimum atomic E-state index is -0.802. The monoisotopic (exact) mass is 291 g/mol. The Bertz CT molecular complexity index is 566. The molecule has 0 heterocycles. The van der Waals surface area contributed by atoms with Crippen molar-refractivity contribution in [1.82, 2.24) is 0 Å². The number of nitro benzene ring substituents is 1. The molecule has 0 amide bonds. The van der Waals surface area contributed by atoms with Gasteiger partial charge in [0.25, 0.3) is 5.69 Å². The first-order chi connectivity index (χ1) is 9.93. The molecule has 7 heteroatoms. The molecule has 1 aromatic carbocycles.